The summed E-state index contributed by atoms with van der Waals surface area (Å²) < 4.78 is 0. The van der Waals surface area contributed by atoms with Crippen LogP contribution in [0.5, 0.6) is 0 Å². The number of rotatable bonds is 5. The number of aryl methyl sites for hydroxylation is 1. The number of thioether (sulfide) groups is 1. The Hall–Kier alpha value is -1.49. The van der Waals surface area contributed by atoms with Crippen LogP contribution in [0, 0.1) is 0 Å². The fourth-order valence-electron chi connectivity index (χ4n) is 2.47. The van der Waals surface area contributed by atoms with Gasteiger partial charge in [-0.15, -0.1) is 11.8 Å². The minimum Gasteiger partial charge on any atom is -0.353 e. The average Bonchev–Trinajstić information content (AvgIpc) is 3.28. The molecule has 3 rings (SSSR count). The summed E-state index contributed by atoms with van der Waals surface area (Å²) in [5.41, 5.74) is 2.12. The van der Waals surface area contributed by atoms with Crippen LogP contribution in [0.15, 0.2) is 24.3 Å². The zero-order valence-corrected chi connectivity index (χ0v) is 12.7. The van der Waals surface area contributed by atoms with Gasteiger partial charge in [-0.3, -0.25) is 9.59 Å². The number of benzene rings is 1. The molecule has 0 saturated heterocycles. The van der Waals surface area contributed by atoms with Gasteiger partial charge in [-0.1, -0.05) is 18.2 Å². The molecule has 1 aromatic rings. The van der Waals surface area contributed by atoms with Crippen LogP contribution in [-0.4, -0.2) is 28.9 Å². The van der Waals surface area contributed by atoms with Crippen LogP contribution in [0.25, 0.3) is 0 Å². The maximum Gasteiger partial charge on any atom is 0.237 e. The predicted molar refractivity (Wildman–Crippen MR) is 85.4 cm³/mol. The minimum absolute atomic E-state index is 0.0625. The molecule has 0 unspecified atom stereocenters. The van der Waals surface area contributed by atoms with Crippen LogP contribution in [0.2, 0.25) is 0 Å². The maximum atomic E-state index is 12.2. The highest BCUT2D eigenvalue weighted by Gasteiger charge is 2.25. The SMILES string of the molecule is O=C(CCS[C@@H]1CCc2ccccc2NC1=O)NC1CC1. The van der Waals surface area contributed by atoms with Crippen molar-refractivity contribution in [1.82, 2.24) is 5.32 Å². The Balaban J connectivity index is 1.48. The second-order valence-corrected chi connectivity index (χ2v) is 6.95. The topological polar surface area (TPSA) is 58.2 Å². The normalized spacial score (nSPS) is 21.1. The largest absolute Gasteiger partial charge is 0.353 e. The number of carbonyl (C=O) groups excluding carboxylic acids is 2. The highest BCUT2D eigenvalue weighted by atomic mass is 32.2. The minimum atomic E-state index is -0.0638. The van der Waals surface area contributed by atoms with E-state index in [4.69, 9.17) is 0 Å². The monoisotopic (exact) mass is 304 g/mol. The number of hydrogen-bond acceptors (Lipinski definition) is 3. The number of para-hydroxylation sites is 1. The summed E-state index contributed by atoms with van der Waals surface area (Å²) >= 11 is 1.59. The summed E-state index contributed by atoms with van der Waals surface area (Å²) in [6, 6.07) is 8.36. The number of fused-ring (bicyclic) bond motifs is 1. The maximum absolute atomic E-state index is 12.2. The van der Waals surface area contributed by atoms with E-state index in [2.05, 4.69) is 16.7 Å². The van der Waals surface area contributed by atoms with Gasteiger partial charge in [-0.05, 0) is 37.3 Å². The number of amides is 2. The standard InChI is InChI=1S/C16H20N2O2S/c19-15(17-12-6-7-12)9-10-21-14-8-5-11-3-1-2-4-13(11)18-16(14)20/h1-4,12,14H,5-10H2,(H,17,19)(H,18,20)/t14-/m1/s1. The van der Waals surface area contributed by atoms with Crippen LogP contribution in [-0.2, 0) is 16.0 Å². The Labute approximate surface area is 129 Å². The summed E-state index contributed by atoms with van der Waals surface area (Å²) in [5, 5.41) is 5.91. The molecule has 1 heterocycles. The third kappa shape index (κ3) is 4.00. The smallest absolute Gasteiger partial charge is 0.237 e. The Bertz CT molecular complexity index is 543. The number of hydrogen-bond donors (Lipinski definition) is 2. The molecule has 0 bridgehead atoms. The van der Waals surface area contributed by atoms with Gasteiger partial charge >= 0.3 is 0 Å². The molecule has 0 radical (unpaired) electrons. The molecule has 0 spiro atoms. The summed E-state index contributed by atoms with van der Waals surface area (Å²) in [7, 11) is 0. The molecule has 0 aromatic heterocycles. The van der Waals surface area contributed by atoms with Gasteiger partial charge in [0.25, 0.3) is 0 Å². The molecule has 2 amide bonds. The van der Waals surface area contributed by atoms with Crippen molar-refractivity contribution < 1.29 is 9.59 Å². The molecular weight excluding hydrogens is 284 g/mol. The molecular formula is C16H20N2O2S. The third-order valence-corrected chi connectivity index (χ3v) is 5.13. The van der Waals surface area contributed by atoms with E-state index in [1.165, 1.54) is 5.56 Å². The van der Waals surface area contributed by atoms with E-state index in [0.29, 0.717) is 18.2 Å². The van der Waals surface area contributed by atoms with Crippen molar-refractivity contribution in [1.29, 1.82) is 0 Å². The third-order valence-electron chi connectivity index (χ3n) is 3.83. The van der Waals surface area contributed by atoms with Gasteiger partial charge in [0.05, 0.1) is 5.25 Å². The zero-order chi connectivity index (χ0) is 14.7. The number of nitrogens with one attached hydrogen (secondary N) is 2. The van der Waals surface area contributed by atoms with Crippen LogP contribution in [0.3, 0.4) is 0 Å². The molecule has 1 aliphatic carbocycles. The van der Waals surface area contributed by atoms with E-state index in [9.17, 15) is 9.59 Å². The molecule has 2 N–H and O–H groups in total. The predicted octanol–water partition coefficient (Wildman–Crippen LogP) is 2.34. The van der Waals surface area contributed by atoms with Crippen molar-refractivity contribution in [2.24, 2.45) is 0 Å². The molecule has 1 saturated carbocycles. The van der Waals surface area contributed by atoms with Crippen molar-refractivity contribution in [3.05, 3.63) is 29.8 Å². The van der Waals surface area contributed by atoms with Gasteiger partial charge in [-0.25, -0.2) is 0 Å². The molecule has 1 aliphatic heterocycles. The second kappa shape index (κ2) is 6.52. The lowest BCUT2D eigenvalue weighted by molar-refractivity contribution is -0.121. The lowest BCUT2D eigenvalue weighted by atomic mass is 10.1. The molecule has 4 nitrogen and oxygen atoms in total. The number of carbonyl (C=O) groups is 2. The molecule has 1 aromatic carbocycles. The van der Waals surface area contributed by atoms with Gasteiger partial charge in [0, 0.05) is 23.9 Å². The fraction of sp³-hybridized carbons (Fsp3) is 0.500. The Morgan fingerprint density at radius 1 is 1.29 bits per heavy atom. The Morgan fingerprint density at radius 2 is 2.10 bits per heavy atom. The van der Waals surface area contributed by atoms with Crippen molar-refractivity contribution in [2.75, 3.05) is 11.1 Å². The van der Waals surface area contributed by atoms with Crippen molar-refractivity contribution in [3.63, 3.8) is 0 Å². The first kappa shape index (κ1) is 14.4. The summed E-state index contributed by atoms with van der Waals surface area (Å²) in [6.45, 7) is 0. The van der Waals surface area contributed by atoms with Crippen LogP contribution >= 0.6 is 11.8 Å². The first-order valence-corrected chi connectivity index (χ1v) is 8.57. The molecule has 21 heavy (non-hydrogen) atoms. The van der Waals surface area contributed by atoms with Crippen LogP contribution in [0.1, 0.15) is 31.2 Å². The highest BCUT2D eigenvalue weighted by Crippen LogP contribution is 2.27. The van der Waals surface area contributed by atoms with Crippen LogP contribution in [0.4, 0.5) is 5.69 Å². The lowest BCUT2D eigenvalue weighted by Crippen LogP contribution is -2.27. The number of anilines is 1. The molecule has 1 fully saturated rings. The van der Waals surface area contributed by atoms with Gasteiger partial charge in [0.2, 0.25) is 11.8 Å². The van der Waals surface area contributed by atoms with Gasteiger partial charge in [0.15, 0.2) is 0 Å². The van der Waals surface area contributed by atoms with E-state index in [1.54, 1.807) is 11.8 Å². The second-order valence-electron chi connectivity index (χ2n) is 5.64. The van der Waals surface area contributed by atoms with Gasteiger partial charge < -0.3 is 10.6 Å². The summed E-state index contributed by atoms with van der Waals surface area (Å²) in [4.78, 5) is 23.8. The van der Waals surface area contributed by atoms with E-state index in [-0.39, 0.29) is 17.1 Å². The van der Waals surface area contributed by atoms with E-state index >= 15 is 0 Å². The first-order valence-electron chi connectivity index (χ1n) is 7.52. The highest BCUT2D eigenvalue weighted by molar-refractivity contribution is 8.00. The Kier molecular flexibility index (Phi) is 4.48. The summed E-state index contributed by atoms with van der Waals surface area (Å²) in [6.07, 6.45) is 4.46. The molecule has 1 atom stereocenters. The quantitative estimate of drug-likeness (QED) is 0.878. The van der Waals surface area contributed by atoms with E-state index in [1.807, 2.05) is 18.2 Å². The fourth-order valence-corrected chi connectivity index (χ4v) is 3.55. The molecule has 112 valence electrons. The van der Waals surface area contributed by atoms with Crippen LogP contribution < -0.4 is 10.6 Å². The first-order chi connectivity index (χ1) is 10.2. The molecule has 2 aliphatic rings. The summed E-state index contributed by atoms with van der Waals surface area (Å²) in [5.74, 6) is 0.877. The van der Waals surface area contributed by atoms with Crippen molar-refractivity contribution >= 4 is 29.3 Å². The van der Waals surface area contributed by atoms with Crippen molar-refractivity contribution in [2.45, 2.75) is 43.4 Å². The Morgan fingerprint density at radius 3 is 2.90 bits per heavy atom. The average molecular weight is 304 g/mol. The van der Waals surface area contributed by atoms with Gasteiger partial charge in [-0.2, -0.15) is 0 Å². The van der Waals surface area contributed by atoms with E-state index in [0.717, 1.165) is 31.4 Å². The molecule has 5 heteroatoms. The lowest BCUT2D eigenvalue weighted by Gasteiger charge is -2.12. The van der Waals surface area contributed by atoms with E-state index < -0.39 is 0 Å². The van der Waals surface area contributed by atoms with Gasteiger partial charge in [0.1, 0.15) is 0 Å². The van der Waals surface area contributed by atoms with Crippen molar-refractivity contribution in [3.8, 4) is 0 Å². The zero-order valence-electron chi connectivity index (χ0n) is 11.9.